The fraction of sp³-hybridized carbons (Fsp3) is 0.211. The van der Waals surface area contributed by atoms with Gasteiger partial charge >= 0.3 is 0 Å². The third kappa shape index (κ3) is 2.43. The number of hydrogen-bond donors (Lipinski definition) is 1. The van der Waals surface area contributed by atoms with Gasteiger partial charge < -0.3 is 5.11 Å². The molecule has 1 aromatic heterocycles. The van der Waals surface area contributed by atoms with E-state index in [2.05, 4.69) is 31.0 Å². The number of aliphatic hydroxyl groups is 1. The van der Waals surface area contributed by atoms with Crippen molar-refractivity contribution in [2.45, 2.75) is 26.9 Å². The molecular weight excluding hydrogens is 258 g/mol. The minimum Gasteiger partial charge on any atom is -0.384 e. The summed E-state index contributed by atoms with van der Waals surface area (Å²) in [6, 6.07) is 14.1. The first-order chi connectivity index (χ1) is 10.1. The second-order valence-electron chi connectivity index (χ2n) is 5.61. The monoisotopic (exact) mass is 277 g/mol. The topological polar surface area (TPSA) is 33.1 Å². The Morgan fingerprint density at radius 2 is 1.57 bits per heavy atom. The van der Waals surface area contributed by atoms with Crippen molar-refractivity contribution in [2.75, 3.05) is 0 Å². The number of aromatic nitrogens is 1. The second-order valence-corrected chi connectivity index (χ2v) is 5.61. The molecule has 3 rings (SSSR count). The van der Waals surface area contributed by atoms with Crippen LogP contribution in [0.25, 0.3) is 10.9 Å². The molecule has 0 fully saturated rings. The van der Waals surface area contributed by atoms with Gasteiger partial charge in [-0.3, -0.25) is 4.98 Å². The zero-order valence-corrected chi connectivity index (χ0v) is 12.6. The zero-order valence-electron chi connectivity index (χ0n) is 12.6. The van der Waals surface area contributed by atoms with E-state index < -0.39 is 6.10 Å². The molecule has 1 atom stereocenters. The van der Waals surface area contributed by atoms with Gasteiger partial charge in [-0.25, -0.2) is 0 Å². The molecule has 0 bridgehead atoms. The van der Waals surface area contributed by atoms with Crippen LogP contribution >= 0.6 is 0 Å². The zero-order chi connectivity index (χ0) is 15.0. The summed E-state index contributed by atoms with van der Waals surface area (Å²) < 4.78 is 0. The van der Waals surface area contributed by atoms with Crippen LogP contribution in [-0.4, -0.2) is 10.1 Å². The van der Waals surface area contributed by atoms with E-state index in [1.165, 1.54) is 11.1 Å². The van der Waals surface area contributed by atoms with E-state index in [1.54, 1.807) is 6.20 Å². The highest BCUT2D eigenvalue weighted by molar-refractivity contribution is 5.82. The highest BCUT2D eigenvalue weighted by Crippen LogP contribution is 2.30. The maximum atomic E-state index is 10.9. The first kappa shape index (κ1) is 13.8. The smallest absolute Gasteiger partial charge is 0.105 e. The molecule has 0 spiro atoms. The lowest BCUT2D eigenvalue weighted by Gasteiger charge is -2.18. The van der Waals surface area contributed by atoms with Crippen molar-refractivity contribution in [1.82, 2.24) is 4.98 Å². The minimum atomic E-state index is -0.628. The molecule has 0 saturated carbocycles. The summed E-state index contributed by atoms with van der Waals surface area (Å²) in [6.45, 7) is 6.23. The molecule has 2 nitrogen and oxygen atoms in total. The van der Waals surface area contributed by atoms with Crippen LogP contribution in [0.3, 0.4) is 0 Å². The lowest BCUT2D eigenvalue weighted by atomic mass is 9.92. The molecule has 0 aliphatic heterocycles. The predicted octanol–water partition coefficient (Wildman–Crippen LogP) is 4.24. The third-order valence-corrected chi connectivity index (χ3v) is 4.15. The molecule has 0 saturated heterocycles. The lowest BCUT2D eigenvalue weighted by Crippen LogP contribution is -2.04. The Hall–Kier alpha value is -2.19. The number of nitrogens with zero attached hydrogens (tertiary/aromatic N) is 1. The Balaban J connectivity index is 2.17. The Morgan fingerprint density at radius 3 is 2.38 bits per heavy atom. The van der Waals surface area contributed by atoms with Crippen LogP contribution in [0.1, 0.15) is 33.9 Å². The molecule has 2 aromatic carbocycles. The van der Waals surface area contributed by atoms with E-state index in [0.29, 0.717) is 0 Å². The average Bonchev–Trinajstić information content (AvgIpc) is 2.49. The van der Waals surface area contributed by atoms with Gasteiger partial charge in [0.15, 0.2) is 0 Å². The predicted molar refractivity (Wildman–Crippen MR) is 86.5 cm³/mol. The molecule has 2 heteroatoms. The molecule has 21 heavy (non-hydrogen) atoms. The van der Waals surface area contributed by atoms with Crippen LogP contribution in [-0.2, 0) is 0 Å². The first-order valence-corrected chi connectivity index (χ1v) is 7.17. The molecule has 1 unspecified atom stereocenters. The SMILES string of the molecule is Cc1cc(C)c(C(O)c2ccnc3ccccc23)cc1C. The summed E-state index contributed by atoms with van der Waals surface area (Å²) in [4.78, 5) is 4.36. The normalized spacial score (nSPS) is 12.6. The lowest BCUT2D eigenvalue weighted by molar-refractivity contribution is 0.221. The van der Waals surface area contributed by atoms with Gasteiger partial charge in [-0.15, -0.1) is 0 Å². The Labute approximate surface area is 125 Å². The summed E-state index contributed by atoms with van der Waals surface area (Å²) in [5.41, 5.74) is 6.36. The molecule has 0 aliphatic carbocycles. The maximum absolute atomic E-state index is 10.9. The fourth-order valence-corrected chi connectivity index (χ4v) is 2.80. The van der Waals surface area contributed by atoms with Gasteiger partial charge in [-0.2, -0.15) is 0 Å². The second kappa shape index (κ2) is 5.30. The molecule has 1 N–H and O–H groups in total. The number of aryl methyl sites for hydroxylation is 3. The number of rotatable bonds is 2. The molecule has 106 valence electrons. The van der Waals surface area contributed by atoms with Crippen molar-refractivity contribution in [3.05, 3.63) is 76.5 Å². The van der Waals surface area contributed by atoms with Crippen molar-refractivity contribution in [2.24, 2.45) is 0 Å². The van der Waals surface area contributed by atoms with Gasteiger partial charge in [0.05, 0.1) is 5.52 Å². The number of aliphatic hydroxyl groups excluding tert-OH is 1. The molecule has 1 heterocycles. The summed E-state index contributed by atoms with van der Waals surface area (Å²) >= 11 is 0. The maximum Gasteiger partial charge on any atom is 0.105 e. The van der Waals surface area contributed by atoms with Crippen LogP contribution < -0.4 is 0 Å². The van der Waals surface area contributed by atoms with Gasteiger partial charge in [-0.1, -0.05) is 30.3 Å². The molecule has 3 aromatic rings. The van der Waals surface area contributed by atoms with E-state index in [9.17, 15) is 5.11 Å². The summed E-state index contributed by atoms with van der Waals surface area (Å²) in [5.74, 6) is 0. The number of pyridine rings is 1. The Morgan fingerprint density at radius 1 is 0.857 bits per heavy atom. The molecule has 0 radical (unpaired) electrons. The van der Waals surface area contributed by atoms with Crippen LogP contribution in [0, 0.1) is 20.8 Å². The van der Waals surface area contributed by atoms with Gasteiger partial charge in [-0.05, 0) is 60.7 Å². The Kier molecular flexibility index (Phi) is 3.48. The fourth-order valence-electron chi connectivity index (χ4n) is 2.80. The van der Waals surface area contributed by atoms with Gasteiger partial charge in [0, 0.05) is 11.6 Å². The quantitative estimate of drug-likeness (QED) is 0.760. The van der Waals surface area contributed by atoms with Gasteiger partial charge in [0.1, 0.15) is 6.10 Å². The molecule has 0 aliphatic rings. The van der Waals surface area contributed by atoms with E-state index in [-0.39, 0.29) is 0 Å². The largest absolute Gasteiger partial charge is 0.384 e. The molecular formula is C19H19NO. The van der Waals surface area contributed by atoms with Crippen LogP contribution in [0.2, 0.25) is 0 Å². The number of benzene rings is 2. The van der Waals surface area contributed by atoms with Crippen molar-refractivity contribution in [3.63, 3.8) is 0 Å². The van der Waals surface area contributed by atoms with E-state index >= 15 is 0 Å². The van der Waals surface area contributed by atoms with Crippen LogP contribution in [0.4, 0.5) is 0 Å². The van der Waals surface area contributed by atoms with Crippen molar-refractivity contribution >= 4 is 10.9 Å². The highest BCUT2D eigenvalue weighted by atomic mass is 16.3. The van der Waals surface area contributed by atoms with Gasteiger partial charge in [0.25, 0.3) is 0 Å². The van der Waals surface area contributed by atoms with E-state index in [4.69, 9.17) is 0 Å². The Bertz CT molecular complexity index is 803. The number of para-hydroxylation sites is 1. The van der Waals surface area contributed by atoms with E-state index in [0.717, 1.165) is 27.6 Å². The minimum absolute atomic E-state index is 0.628. The molecule has 0 amide bonds. The van der Waals surface area contributed by atoms with Crippen molar-refractivity contribution in [1.29, 1.82) is 0 Å². The van der Waals surface area contributed by atoms with E-state index in [1.807, 2.05) is 37.3 Å². The van der Waals surface area contributed by atoms with Crippen LogP contribution in [0.15, 0.2) is 48.7 Å². The summed E-state index contributed by atoms with van der Waals surface area (Å²) in [5, 5.41) is 11.9. The third-order valence-electron chi connectivity index (χ3n) is 4.15. The number of hydrogen-bond acceptors (Lipinski definition) is 2. The summed E-state index contributed by atoms with van der Waals surface area (Å²) in [7, 11) is 0. The van der Waals surface area contributed by atoms with Crippen molar-refractivity contribution in [3.8, 4) is 0 Å². The van der Waals surface area contributed by atoms with Crippen LogP contribution in [0.5, 0.6) is 0 Å². The number of fused-ring (bicyclic) bond motifs is 1. The highest BCUT2D eigenvalue weighted by Gasteiger charge is 2.16. The van der Waals surface area contributed by atoms with Gasteiger partial charge in [0.2, 0.25) is 0 Å². The average molecular weight is 277 g/mol. The first-order valence-electron chi connectivity index (χ1n) is 7.17. The standard InChI is InChI=1S/C19H19NO/c1-12-10-14(3)17(11-13(12)2)19(21)16-8-9-20-18-7-5-4-6-15(16)18/h4-11,19,21H,1-3H3. The van der Waals surface area contributed by atoms with Crippen molar-refractivity contribution < 1.29 is 5.11 Å². The summed E-state index contributed by atoms with van der Waals surface area (Å²) in [6.07, 6.45) is 1.13.